The second kappa shape index (κ2) is 12.2. The number of hydrogen-bond acceptors (Lipinski definition) is 9. The lowest BCUT2D eigenvalue weighted by Gasteiger charge is -2.16. The predicted octanol–water partition coefficient (Wildman–Crippen LogP) is 11.9. The summed E-state index contributed by atoms with van der Waals surface area (Å²) >= 11 is 3.39. The number of rotatable bonds is 8. The molecule has 3 heterocycles. The Bertz CT molecular complexity index is 2940. The lowest BCUT2D eigenvalue weighted by molar-refractivity contribution is 0.286. The molecule has 254 valence electrons. The molecule has 9 aromatic rings. The average Bonchev–Trinajstić information content (AvgIpc) is 3.87. The van der Waals surface area contributed by atoms with Crippen molar-refractivity contribution in [2.75, 3.05) is 28.4 Å². The summed E-state index contributed by atoms with van der Waals surface area (Å²) < 4.78 is 60.4. The molecule has 0 amide bonds. The Morgan fingerprint density at radius 1 is 0.490 bits per heavy atom. The third-order valence-corrected chi connectivity index (χ3v) is 15.8. The van der Waals surface area contributed by atoms with Crippen LogP contribution in [0.1, 0.15) is 0 Å². The molecule has 3 aromatic heterocycles. The first-order valence-electron chi connectivity index (χ1n) is 16.1. The van der Waals surface area contributed by atoms with Crippen LogP contribution < -0.4 is 10.6 Å². The molecule has 0 fully saturated rings. The highest BCUT2D eigenvalue weighted by Gasteiger charge is 2.29. The summed E-state index contributed by atoms with van der Waals surface area (Å²) in [5.41, 5.74) is 5.08. The van der Waals surface area contributed by atoms with E-state index < -0.39 is 15.2 Å². The van der Waals surface area contributed by atoms with Gasteiger partial charge in [0.15, 0.2) is 0 Å². The van der Waals surface area contributed by atoms with E-state index in [0.717, 1.165) is 79.0 Å². The quantitative estimate of drug-likeness (QED) is 0.143. The second-order valence-electron chi connectivity index (χ2n) is 12.2. The molecule has 7 nitrogen and oxygen atoms in total. The van der Waals surface area contributed by atoms with Crippen molar-refractivity contribution in [2.24, 2.45) is 0 Å². The predicted molar refractivity (Wildman–Crippen MR) is 213 cm³/mol. The molecule has 0 radical (unpaired) electrons. The largest absolute Gasteiger partial charge is 0.455 e. The Balaban J connectivity index is 1.30. The zero-order valence-electron chi connectivity index (χ0n) is 28.0. The number of fused-ring (bicyclic) bond motifs is 9. The molecular formula is C40H30O7P2S2. The summed E-state index contributed by atoms with van der Waals surface area (Å²) in [6.07, 6.45) is 0. The van der Waals surface area contributed by atoms with E-state index in [1.54, 1.807) is 22.7 Å². The van der Waals surface area contributed by atoms with Crippen molar-refractivity contribution in [2.45, 2.75) is 0 Å². The monoisotopic (exact) mass is 748 g/mol. The molecule has 0 N–H and O–H groups in total. The van der Waals surface area contributed by atoms with Gasteiger partial charge >= 0.3 is 15.2 Å². The lowest BCUT2D eigenvalue weighted by Crippen LogP contribution is -2.08. The second-order valence-corrected chi connectivity index (χ2v) is 18.7. The molecule has 51 heavy (non-hydrogen) atoms. The highest BCUT2D eigenvalue weighted by molar-refractivity contribution is 7.62. The molecule has 0 aliphatic rings. The molecule has 0 saturated heterocycles. The molecular weight excluding hydrogens is 719 g/mol. The fourth-order valence-corrected chi connectivity index (χ4v) is 11.8. The van der Waals surface area contributed by atoms with Crippen LogP contribution in [0.4, 0.5) is 0 Å². The molecule has 0 atom stereocenters. The van der Waals surface area contributed by atoms with Crippen molar-refractivity contribution in [3.63, 3.8) is 0 Å². The minimum absolute atomic E-state index is 0.477. The molecule has 0 bridgehead atoms. The minimum atomic E-state index is -3.58. The number of furan rings is 1. The fourth-order valence-electron chi connectivity index (χ4n) is 7.10. The Labute approximate surface area is 301 Å². The van der Waals surface area contributed by atoms with Gasteiger partial charge in [-0.15, -0.1) is 22.7 Å². The maximum Gasteiger partial charge on any atom is 0.360 e. The molecule has 6 aromatic carbocycles. The Morgan fingerprint density at radius 3 is 1.61 bits per heavy atom. The van der Waals surface area contributed by atoms with Gasteiger partial charge in [0.05, 0.1) is 10.6 Å². The first-order chi connectivity index (χ1) is 24.8. The van der Waals surface area contributed by atoms with Crippen LogP contribution in [-0.2, 0) is 27.2 Å². The van der Waals surface area contributed by atoms with E-state index in [2.05, 4.69) is 36.4 Å². The normalized spacial score (nSPS) is 12.8. The molecule has 0 spiro atoms. The van der Waals surface area contributed by atoms with Crippen molar-refractivity contribution in [1.29, 1.82) is 0 Å². The highest BCUT2D eigenvalue weighted by atomic mass is 32.1. The van der Waals surface area contributed by atoms with Crippen LogP contribution in [-0.4, -0.2) is 28.4 Å². The summed E-state index contributed by atoms with van der Waals surface area (Å²) in [6.45, 7) is 0. The molecule has 0 unspecified atom stereocenters. The Hall–Kier alpha value is -4.14. The third kappa shape index (κ3) is 5.00. The standard InChI is InChI=1S/C40H30O7P2S2/c1-43-48(41,44-2)24-19-30(39-32(20-24)26-10-5-7-14-36(26)50-39)23-16-17-35-31(18-23)28-12-9-13-29(38(28)47-35)34-22-25(49(42,45-3)46-4)21-33-27-11-6-8-15-37(27)51-40(33)34/h5-22H,1-4H3. The fraction of sp³-hybridized carbons (Fsp3) is 0.100. The van der Waals surface area contributed by atoms with Crippen molar-refractivity contribution in [3.8, 4) is 22.3 Å². The van der Waals surface area contributed by atoms with Crippen LogP contribution in [0, 0.1) is 0 Å². The van der Waals surface area contributed by atoms with E-state index >= 15 is 0 Å². The zero-order valence-corrected chi connectivity index (χ0v) is 31.4. The Kier molecular flexibility index (Phi) is 7.85. The van der Waals surface area contributed by atoms with Gasteiger partial charge < -0.3 is 22.5 Å². The average molecular weight is 749 g/mol. The molecule has 11 heteroatoms. The van der Waals surface area contributed by atoms with Gasteiger partial charge in [0.2, 0.25) is 0 Å². The van der Waals surface area contributed by atoms with E-state index in [4.69, 9.17) is 22.5 Å². The number of hydrogen-bond donors (Lipinski definition) is 0. The first kappa shape index (κ1) is 32.7. The lowest BCUT2D eigenvalue weighted by atomic mass is 9.98. The summed E-state index contributed by atoms with van der Waals surface area (Å²) in [5, 5.41) is 6.98. The number of para-hydroxylation sites is 1. The SMILES string of the molecule is COP(=O)(OC)c1cc(-c2ccc3oc4c(-c5cc(P(=O)(OC)OC)cc6c5sc5ccccc56)cccc4c3c2)c2sc3ccccc3c2c1. The van der Waals surface area contributed by atoms with Gasteiger partial charge in [-0.25, -0.2) is 0 Å². The van der Waals surface area contributed by atoms with Gasteiger partial charge in [-0.2, -0.15) is 0 Å². The van der Waals surface area contributed by atoms with Gasteiger partial charge in [0.1, 0.15) is 11.2 Å². The summed E-state index contributed by atoms with van der Waals surface area (Å²) in [6, 6.07) is 36.4. The molecule has 9 rings (SSSR count). The van der Waals surface area contributed by atoms with E-state index in [1.165, 1.54) is 28.4 Å². The summed E-state index contributed by atoms with van der Waals surface area (Å²) in [5.74, 6) is 0. The highest BCUT2D eigenvalue weighted by Crippen LogP contribution is 2.51. The maximum absolute atomic E-state index is 13.8. The van der Waals surface area contributed by atoms with Crippen molar-refractivity contribution >= 4 is 111 Å². The van der Waals surface area contributed by atoms with Crippen LogP contribution in [0.3, 0.4) is 0 Å². The smallest absolute Gasteiger partial charge is 0.360 e. The van der Waals surface area contributed by atoms with Crippen LogP contribution in [0.15, 0.2) is 114 Å². The van der Waals surface area contributed by atoms with E-state index in [-0.39, 0.29) is 0 Å². The molecule has 0 aliphatic carbocycles. The van der Waals surface area contributed by atoms with Crippen LogP contribution >= 0.6 is 37.9 Å². The number of benzene rings is 6. The van der Waals surface area contributed by atoms with Gasteiger partial charge in [-0.3, -0.25) is 9.13 Å². The topological polar surface area (TPSA) is 84.2 Å². The molecule has 0 aliphatic heterocycles. The van der Waals surface area contributed by atoms with Gasteiger partial charge in [-0.05, 0) is 54.1 Å². The van der Waals surface area contributed by atoms with Crippen LogP contribution in [0.25, 0.3) is 84.5 Å². The van der Waals surface area contributed by atoms with Gasteiger partial charge in [-0.1, -0.05) is 60.7 Å². The maximum atomic E-state index is 13.8. The van der Waals surface area contributed by atoms with Gasteiger partial charge in [0.25, 0.3) is 0 Å². The summed E-state index contributed by atoms with van der Waals surface area (Å²) in [7, 11) is -1.51. The van der Waals surface area contributed by atoms with E-state index in [0.29, 0.717) is 16.2 Å². The third-order valence-electron chi connectivity index (χ3n) is 9.62. The molecule has 0 saturated carbocycles. The van der Waals surface area contributed by atoms with Crippen molar-refractivity contribution < 1.29 is 31.6 Å². The first-order valence-corrected chi connectivity index (χ1v) is 20.8. The minimum Gasteiger partial charge on any atom is -0.455 e. The van der Waals surface area contributed by atoms with E-state index in [1.807, 2.05) is 72.8 Å². The van der Waals surface area contributed by atoms with Crippen LogP contribution in [0.2, 0.25) is 0 Å². The Morgan fingerprint density at radius 2 is 1.02 bits per heavy atom. The summed E-state index contributed by atoms with van der Waals surface area (Å²) in [4.78, 5) is 0. The van der Waals surface area contributed by atoms with Crippen molar-refractivity contribution in [3.05, 3.63) is 109 Å². The zero-order chi connectivity index (χ0) is 35.1. The van der Waals surface area contributed by atoms with Crippen molar-refractivity contribution in [1.82, 2.24) is 0 Å². The number of thiophene rings is 2. The van der Waals surface area contributed by atoms with Gasteiger partial charge in [0, 0.05) is 96.2 Å². The van der Waals surface area contributed by atoms with Crippen LogP contribution in [0.5, 0.6) is 0 Å². The van der Waals surface area contributed by atoms with E-state index in [9.17, 15) is 9.13 Å².